The van der Waals surface area contributed by atoms with E-state index in [4.69, 9.17) is 5.73 Å². The molecule has 0 saturated carbocycles. The van der Waals surface area contributed by atoms with Crippen LogP contribution in [0.3, 0.4) is 0 Å². The summed E-state index contributed by atoms with van der Waals surface area (Å²) in [5.41, 5.74) is 14.2. The van der Waals surface area contributed by atoms with Crippen molar-refractivity contribution in [3.8, 4) is 22.3 Å². The molecule has 0 fully saturated rings. The number of carbonyl (C=O) groups is 1. The lowest BCUT2D eigenvalue weighted by Gasteiger charge is -2.19. The number of fused-ring (bicyclic) bond motifs is 1. The van der Waals surface area contributed by atoms with Crippen molar-refractivity contribution in [1.82, 2.24) is 4.57 Å². The van der Waals surface area contributed by atoms with Gasteiger partial charge < -0.3 is 15.4 Å². The van der Waals surface area contributed by atoms with Gasteiger partial charge in [-0.25, -0.2) is 4.79 Å². The van der Waals surface area contributed by atoms with Crippen molar-refractivity contribution in [2.75, 3.05) is 5.73 Å². The fraction of sp³-hybridized carbons (Fsp3) is 0.156. The smallest absolute Gasteiger partial charge is 0.353 e. The molecule has 180 valence electrons. The SMILES string of the molecule is CC(C)(C)c1ccc(-c2ccc3c(c2N)c(-c2ccccc2)c(C(=O)O)n3Cc2ccccc2)cc1. The molecule has 0 saturated heterocycles. The van der Waals surface area contributed by atoms with Gasteiger partial charge in [0.15, 0.2) is 0 Å². The molecule has 4 nitrogen and oxygen atoms in total. The topological polar surface area (TPSA) is 68.2 Å². The third-order valence-electron chi connectivity index (χ3n) is 6.78. The number of aromatic carboxylic acids is 1. The van der Waals surface area contributed by atoms with Crippen molar-refractivity contribution < 1.29 is 9.90 Å². The molecule has 5 aromatic rings. The van der Waals surface area contributed by atoms with Crippen molar-refractivity contribution >= 4 is 22.6 Å². The maximum atomic E-state index is 12.7. The molecule has 4 heteroatoms. The Morgan fingerprint density at radius 1 is 0.806 bits per heavy atom. The maximum Gasteiger partial charge on any atom is 0.353 e. The number of carboxylic acids is 1. The van der Waals surface area contributed by atoms with Crippen LogP contribution in [0.1, 0.15) is 42.4 Å². The number of hydrogen-bond acceptors (Lipinski definition) is 2. The molecular formula is C32H30N2O2. The van der Waals surface area contributed by atoms with Crippen LogP contribution in [-0.4, -0.2) is 15.6 Å². The summed E-state index contributed by atoms with van der Waals surface area (Å²) in [4.78, 5) is 12.7. The van der Waals surface area contributed by atoms with Crippen molar-refractivity contribution in [2.24, 2.45) is 0 Å². The van der Waals surface area contributed by atoms with Gasteiger partial charge in [-0.15, -0.1) is 0 Å². The van der Waals surface area contributed by atoms with E-state index in [0.29, 0.717) is 17.8 Å². The predicted molar refractivity (Wildman–Crippen MR) is 148 cm³/mol. The van der Waals surface area contributed by atoms with Gasteiger partial charge in [-0.3, -0.25) is 0 Å². The average molecular weight is 475 g/mol. The molecule has 0 radical (unpaired) electrons. The first-order valence-corrected chi connectivity index (χ1v) is 12.1. The minimum atomic E-state index is -0.975. The first-order valence-electron chi connectivity index (χ1n) is 12.1. The Morgan fingerprint density at radius 3 is 2.00 bits per heavy atom. The summed E-state index contributed by atoms with van der Waals surface area (Å²) in [6.07, 6.45) is 0. The van der Waals surface area contributed by atoms with E-state index in [1.807, 2.05) is 77.4 Å². The van der Waals surface area contributed by atoms with Crippen molar-refractivity contribution in [2.45, 2.75) is 32.7 Å². The Labute approximate surface area is 211 Å². The number of nitrogens with two attached hydrogens (primary N) is 1. The third kappa shape index (κ3) is 4.16. The number of carboxylic acid groups (broad SMARTS) is 1. The normalized spacial score (nSPS) is 11.6. The van der Waals surface area contributed by atoms with E-state index in [0.717, 1.165) is 33.2 Å². The second-order valence-electron chi connectivity index (χ2n) is 10.2. The van der Waals surface area contributed by atoms with E-state index >= 15 is 0 Å². The molecule has 36 heavy (non-hydrogen) atoms. The van der Waals surface area contributed by atoms with Crippen LogP contribution in [0.2, 0.25) is 0 Å². The zero-order chi connectivity index (χ0) is 25.4. The van der Waals surface area contributed by atoms with Crippen LogP contribution >= 0.6 is 0 Å². The van der Waals surface area contributed by atoms with E-state index in [2.05, 4.69) is 45.0 Å². The van der Waals surface area contributed by atoms with E-state index < -0.39 is 5.97 Å². The molecule has 3 N–H and O–H groups in total. The van der Waals surface area contributed by atoms with Crippen LogP contribution in [0.4, 0.5) is 5.69 Å². The zero-order valence-corrected chi connectivity index (χ0v) is 20.8. The highest BCUT2D eigenvalue weighted by atomic mass is 16.4. The highest BCUT2D eigenvalue weighted by Gasteiger charge is 2.26. The van der Waals surface area contributed by atoms with Crippen LogP contribution in [-0.2, 0) is 12.0 Å². The van der Waals surface area contributed by atoms with Gasteiger partial charge in [-0.05, 0) is 33.7 Å². The van der Waals surface area contributed by atoms with Gasteiger partial charge in [-0.1, -0.05) is 112 Å². The average Bonchev–Trinajstić information content (AvgIpc) is 3.20. The maximum absolute atomic E-state index is 12.7. The molecule has 0 aliphatic heterocycles. The Bertz CT molecular complexity index is 1540. The molecule has 0 amide bonds. The molecule has 0 bridgehead atoms. The van der Waals surface area contributed by atoms with Crippen molar-refractivity contribution in [1.29, 1.82) is 0 Å². The van der Waals surface area contributed by atoms with Crippen LogP contribution in [0.25, 0.3) is 33.2 Å². The lowest BCUT2D eigenvalue weighted by molar-refractivity contribution is 0.0687. The molecule has 0 spiro atoms. The Morgan fingerprint density at radius 2 is 1.42 bits per heavy atom. The lowest BCUT2D eigenvalue weighted by Crippen LogP contribution is -2.10. The Kier molecular flexibility index (Phi) is 5.89. The first kappa shape index (κ1) is 23.4. The van der Waals surface area contributed by atoms with Crippen LogP contribution < -0.4 is 5.73 Å². The molecule has 1 heterocycles. The van der Waals surface area contributed by atoms with Crippen molar-refractivity contribution in [3.63, 3.8) is 0 Å². The van der Waals surface area contributed by atoms with E-state index in [1.54, 1.807) is 0 Å². The fourth-order valence-corrected chi connectivity index (χ4v) is 4.91. The number of rotatable bonds is 5. The summed E-state index contributed by atoms with van der Waals surface area (Å²) in [5, 5.41) is 11.2. The number of nitrogen functional groups attached to an aromatic ring is 1. The summed E-state index contributed by atoms with van der Waals surface area (Å²) in [7, 11) is 0. The lowest BCUT2D eigenvalue weighted by atomic mass is 9.86. The number of nitrogens with zero attached hydrogens (tertiary/aromatic N) is 1. The van der Waals surface area contributed by atoms with E-state index in [-0.39, 0.29) is 11.1 Å². The highest BCUT2D eigenvalue weighted by molar-refractivity contribution is 6.15. The Balaban J connectivity index is 1.79. The number of anilines is 1. The summed E-state index contributed by atoms with van der Waals surface area (Å²) in [6.45, 7) is 7.01. The van der Waals surface area contributed by atoms with Gasteiger partial charge >= 0.3 is 5.97 Å². The number of hydrogen-bond donors (Lipinski definition) is 2. The van der Waals surface area contributed by atoms with Gasteiger partial charge in [0.1, 0.15) is 5.69 Å². The van der Waals surface area contributed by atoms with Crippen LogP contribution in [0.15, 0.2) is 97.1 Å². The van der Waals surface area contributed by atoms with Gasteiger partial charge in [0.2, 0.25) is 0 Å². The van der Waals surface area contributed by atoms with Crippen LogP contribution in [0, 0.1) is 0 Å². The third-order valence-corrected chi connectivity index (χ3v) is 6.78. The second-order valence-corrected chi connectivity index (χ2v) is 10.2. The summed E-state index contributed by atoms with van der Waals surface area (Å²) < 4.78 is 1.87. The van der Waals surface area contributed by atoms with Gasteiger partial charge in [0.25, 0.3) is 0 Å². The standard InChI is InChI=1S/C32H30N2O2/c1-32(2,3)24-16-14-22(15-17-24)25-18-19-26-28(29(25)33)27(23-12-8-5-9-13-23)30(31(35)36)34(26)20-21-10-6-4-7-11-21/h4-19H,20,33H2,1-3H3,(H,35,36). The molecule has 4 aromatic carbocycles. The second kappa shape index (κ2) is 9.04. The molecular weight excluding hydrogens is 444 g/mol. The van der Waals surface area contributed by atoms with Gasteiger partial charge in [0, 0.05) is 28.7 Å². The monoisotopic (exact) mass is 474 g/mol. The predicted octanol–water partition coefficient (Wildman–Crippen LogP) is 7.60. The summed E-state index contributed by atoms with van der Waals surface area (Å²) in [5.74, 6) is -0.975. The quantitative estimate of drug-likeness (QED) is 0.258. The largest absolute Gasteiger partial charge is 0.477 e. The Hall–Kier alpha value is -4.31. The molecule has 5 rings (SSSR count). The molecule has 0 unspecified atom stereocenters. The van der Waals surface area contributed by atoms with E-state index in [1.165, 1.54) is 5.56 Å². The minimum absolute atomic E-state index is 0.0551. The van der Waals surface area contributed by atoms with E-state index in [9.17, 15) is 9.90 Å². The minimum Gasteiger partial charge on any atom is -0.477 e. The summed E-state index contributed by atoms with van der Waals surface area (Å²) in [6, 6.07) is 32.0. The highest BCUT2D eigenvalue weighted by Crippen LogP contribution is 2.43. The fourth-order valence-electron chi connectivity index (χ4n) is 4.91. The number of benzene rings is 4. The first-order chi connectivity index (χ1) is 17.3. The zero-order valence-electron chi connectivity index (χ0n) is 20.8. The molecule has 0 atom stereocenters. The van der Waals surface area contributed by atoms with Crippen molar-refractivity contribution in [3.05, 3.63) is 114 Å². The van der Waals surface area contributed by atoms with Gasteiger partial charge in [-0.2, -0.15) is 0 Å². The molecule has 0 aliphatic carbocycles. The molecule has 0 aliphatic rings. The molecule has 1 aromatic heterocycles. The van der Waals surface area contributed by atoms with Crippen LogP contribution in [0.5, 0.6) is 0 Å². The van der Waals surface area contributed by atoms with Gasteiger partial charge in [0.05, 0.1) is 5.52 Å². The summed E-state index contributed by atoms with van der Waals surface area (Å²) >= 11 is 0. The number of aromatic nitrogens is 1.